The lowest BCUT2D eigenvalue weighted by atomic mass is 10.0. The molecule has 1 fully saturated rings. The molecule has 0 aliphatic carbocycles. The van der Waals surface area contributed by atoms with Crippen LogP contribution in [0.3, 0.4) is 0 Å². The minimum absolute atomic E-state index is 0.332. The number of hydrogen-bond acceptors (Lipinski definition) is 7. The molecular weight excluding hydrogens is 457 g/mol. The first kappa shape index (κ1) is 23.1. The summed E-state index contributed by atoms with van der Waals surface area (Å²) in [5.74, 6) is -1.15. The third kappa shape index (κ3) is 5.31. The second kappa shape index (κ2) is 8.71. The molecule has 1 atom stereocenters. The molecule has 0 radical (unpaired) electrons. The highest BCUT2D eigenvalue weighted by atomic mass is 32.1. The fourth-order valence-corrected chi connectivity index (χ4v) is 3.96. The average molecular weight is 478 g/mol. The van der Waals surface area contributed by atoms with E-state index in [1.165, 1.54) is 11.3 Å². The van der Waals surface area contributed by atoms with E-state index in [0.29, 0.717) is 30.1 Å². The fourth-order valence-electron chi connectivity index (χ4n) is 3.21. The van der Waals surface area contributed by atoms with Crippen molar-refractivity contribution in [2.75, 3.05) is 13.2 Å². The summed E-state index contributed by atoms with van der Waals surface area (Å²) in [7, 11) is 0. The van der Waals surface area contributed by atoms with Gasteiger partial charge in [-0.05, 0) is 39.0 Å². The summed E-state index contributed by atoms with van der Waals surface area (Å²) < 4.78 is 49.4. The van der Waals surface area contributed by atoms with Crippen LogP contribution >= 0.6 is 11.3 Å². The second-order valence-corrected chi connectivity index (χ2v) is 9.33. The second-order valence-electron chi connectivity index (χ2n) is 8.10. The molecule has 3 aromatic rings. The maximum absolute atomic E-state index is 13.0. The van der Waals surface area contributed by atoms with Gasteiger partial charge >= 0.3 is 6.18 Å². The van der Waals surface area contributed by atoms with Crippen molar-refractivity contribution in [2.24, 2.45) is 0 Å². The van der Waals surface area contributed by atoms with E-state index in [1.54, 1.807) is 25.3 Å². The van der Waals surface area contributed by atoms with Crippen molar-refractivity contribution < 1.29 is 27.4 Å². The molecule has 7 nitrogen and oxygen atoms in total. The molecule has 0 spiro atoms. The van der Waals surface area contributed by atoms with Crippen LogP contribution < -0.4 is 10.1 Å². The summed E-state index contributed by atoms with van der Waals surface area (Å²) in [4.78, 5) is 25.1. The van der Waals surface area contributed by atoms with Crippen molar-refractivity contribution in [3.63, 3.8) is 0 Å². The van der Waals surface area contributed by atoms with Crippen LogP contribution in [0.4, 0.5) is 13.2 Å². The van der Waals surface area contributed by atoms with Crippen LogP contribution in [0.25, 0.3) is 10.6 Å². The molecule has 1 amide bonds. The Labute approximate surface area is 192 Å². The lowest BCUT2D eigenvalue weighted by Gasteiger charge is -2.38. The molecule has 1 aliphatic heterocycles. The highest BCUT2D eigenvalue weighted by Gasteiger charge is 2.36. The van der Waals surface area contributed by atoms with Crippen molar-refractivity contribution >= 4 is 17.2 Å². The molecule has 1 saturated heterocycles. The predicted molar refractivity (Wildman–Crippen MR) is 115 cm³/mol. The Hall–Kier alpha value is -3.05. The number of halogens is 3. The molecule has 174 valence electrons. The van der Waals surface area contributed by atoms with Gasteiger partial charge in [-0.3, -0.25) is 4.79 Å². The van der Waals surface area contributed by atoms with Gasteiger partial charge in [0.1, 0.15) is 10.8 Å². The number of nitrogens with one attached hydrogen (secondary N) is 1. The fraction of sp³-hybridized carbons (Fsp3) is 0.364. The minimum atomic E-state index is -4.63. The number of rotatable bonds is 6. The standard InChI is InChI=1S/C22H21F3N4O3S/c1-12-7-26-19(33-12)15-4-14(5-17(6-15)32-21(3)10-31-11-21)18(30)29-13(2)16-8-27-20(28-9-16)22(23,24)25/h4-9,13H,10-11H2,1-3H3,(H,29,30). The van der Waals surface area contributed by atoms with Gasteiger partial charge in [0.25, 0.3) is 5.91 Å². The van der Waals surface area contributed by atoms with Crippen molar-refractivity contribution in [1.29, 1.82) is 0 Å². The maximum Gasteiger partial charge on any atom is 0.451 e. The number of amides is 1. The smallest absolute Gasteiger partial charge is 0.451 e. The molecule has 1 aromatic carbocycles. The molecule has 0 bridgehead atoms. The third-order valence-electron chi connectivity index (χ3n) is 4.99. The number of aromatic nitrogens is 3. The van der Waals surface area contributed by atoms with E-state index in [9.17, 15) is 18.0 Å². The Morgan fingerprint density at radius 2 is 1.88 bits per heavy atom. The topological polar surface area (TPSA) is 86.2 Å². The van der Waals surface area contributed by atoms with Crippen LogP contribution in [-0.4, -0.2) is 39.7 Å². The van der Waals surface area contributed by atoms with E-state index in [1.807, 2.05) is 19.9 Å². The van der Waals surface area contributed by atoms with Gasteiger partial charge in [-0.15, -0.1) is 11.3 Å². The molecule has 33 heavy (non-hydrogen) atoms. The molecular formula is C22H21F3N4O3S. The molecule has 1 unspecified atom stereocenters. The van der Waals surface area contributed by atoms with E-state index >= 15 is 0 Å². The number of nitrogens with zero attached hydrogens (tertiary/aromatic N) is 3. The molecule has 11 heteroatoms. The van der Waals surface area contributed by atoms with Gasteiger partial charge in [0.05, 0.1) is 19.3 Å². The maximum atomic E-state index is 13.0. The van der Waals surface area contributed by atoms with Gasteiger partial charge in [0.2, 0.25) is 5.82 Å². The lowest BCUT2D eigenvalue weighted by Crippen LogP contribution is -2.51. The summed E-state index contributed by atoms with van der Waals surface area (Å²) in [6.07, 6.45) is -0.762. The summed E-state index contributed by atoms with van der Waals surface area (Å²) >= 11 is 1.49. The van der Waals surface area contributed by atoms with E-state index in [-0.39, 0.29) is 0 Å². The highest BCUT2D eigenvalue weighted by molar-refractivity contribution is 7.14. The quantitative estimate of drug-likeness (QED) is 0.558. The van der Waals surface area contributed by atoms with E-state index in [0.717, 1.165) is 27.8 Å². The van der Waals surface area contributed by atoms with E-state index in [4.69, 9.17) is 9.47 Å². The number of alkyl halides is 3. The Kier molecular flexibility index (Phi) is 6.10. The number of aryl methyl sites for hydroxylation is 1. The van der Waals surface area contributed by atoms with Crippen molar-refractivity contribution in [3.8, 4) is 16.3 Å². The summed E-state index contributed by atoms with van der Waals surface area (Å²) in [5, 5.41) is 3.52. The van der Waals surface area contributed by atoms with Crippen LogP contribution in [-0.2, 0) is 10.9 Å². The molecule has 2 aromatic heterocycles. The Morgan fingerprint density at radius 1 is 1.18 bits per heavy atom. The number of carbonyl (C=O) groups is 1. The average Bonchev–Trinajstić information content (AvgIpc) is 3.18. The van der Waals surface area contributed by atoms with Gasteiger partial charge in [-0.1, -0.05) is 0 Å². The molecule has 4 rings (SSSR count). The number of thiazole rings is 1. The van der Waals surface area contributed by atoms with Crippen molar-refractivity contribution in [2.45, 2.75) is 38.6 Å². The van der Waals surface area contributed by atoms with Crippen molar-refractivity contribution in [3.05, 3.63) is 58.6 Å². The van der Waals surface area contributed by atoms with Gasteiger partial charge in [0.15, 0.2) is 5.60 Å². The molecule has 1 N–H and O–H groups in total. The molecule has 3 heterocycles. The zero-order valence-corrected chi connectivity index (χ0v) is 18.9. The molecule has 0 saturated carbocycles. The van der Waals surface area contributed by atoms with Crippen LogP contribution in [0.5, 0.6) is 5.75 Å². The summed E-state index contributed by atoms with van der Waals surface area (Å²) in [6, 6.07) is 4.54. The van der Waals surface area contributed by atoms with Gasteiger partial charge in [-0.25, -0.2) is 15.0 Å². The number of benzene rings is 1. The van der Waals surface area contributed by atoms with Crippen molar-refractivity contribution in [1.82, 2.24) is 20.3 Å². The Balaban J connectivity index is 1.57. The first-order valence-electron chi connectivity index (χ1n) is 10.1. The third-order valence-corrected chi connectivity index (χ3v) is 5.95. The first-order valence-corrected chi connectivity index (χ1v) is 10.9. The van der Waals surface area contributed by atoms with E-state index in [2.05, 4.69) is 20.3 Å². The number of carbonyl (C=O) groups excluding carboxylic acids is 1. The lowest BCUT2D eigenvalue weighted by molar-refractivity contribution is -0.149. The zero-order valence-electron chi connectivity index (χ0n) is 18.1. The Morgan fingerprint density at radius 3 is 2.42 bits per heavy atom. The predicted octanol–water partition coefficient (Wildman–Crippen LogP) is 4.59. The van der Waals surface area contributed by atoms with Gasteiger partial charge in [-0.2, -0.15) is 13.2 Å². The van der Waals surface area contributed by atoms with E-state index < -0.39 is 29.6 Å². The van der Waals surface area contributed by atoms with Crippen LogP contribution in [0.1, 0.15) is 46.5 Å². The van der Waals surface area contributed by atoms with Crippen LogP contribution in [0, 0.1) is 6.92 Å². The Bertz CT molecular complexity index is 1160. The normalized spacial score (nSPS) is 16.1. The number of ether oxygens (including phenoxy) is 2. The van der Waals surface area contributed by atoms with Crippen LogP contribution in [0.2, 0.25) is 0 Å². The molecule has 1 aliphatic rings. The first-order chi connectivity index (χ1) is 15.5. The monoisotopic (exact) mass is 478 g/mol. The zero-order chi connectivity index (χ0) is 23.8. The highest BCUT2D eigenvalue weighted by Crippen LogP contribution is 2.33. The van der Waals surface area contributed by atoms with Gasteiger partial charge in [0, 0.05) is 40.2 Å². The largest absolute Gasteiger partial charge is 0.483 e. The van der Waals surface area contributed by atoms with Gasteiger partial charge < -0.3 is 14.8 Å². The SMILES string of the molecule is Cc1cnc(-c2cc(OC3(C)COC3)cc(C(=O)NC(C)c3cnc(C(F)(F)F)nc3)c2)s1. The minimum Gasteiger partial charge on any atom is -0.483 e. The summed E-state index contributed by atoms with van der Waals surface area (Å²) in [6.45, 7) is 6.39. The number of hydrogen-bond donors (Lipinski definition) is 1. The summed E-state index contributed by atoms with van der Waals surface area (Å²) in [5.41, 5.74) is 0.929. The van der Waals surface area contributed by atoms with Crippen LogP contribution in [0.15, 0.2) is 36.8 Å².